The lowest BCUT2D eigenvalue weighted by Gasteiger charge is -1.96. The molecule has 0 amide bonds. The monoisotopic (exact) mass is 208 g/mol. The van der Waals surface area contributed by atoms with Crippen LogP contribution in [0.25, 0.3) is 28.0 Å². The fourth-order valence-corrected chi connectivity index (χ4v) is 2.12. The number of nitrogens with zero attached hydrogens (tertiary/aromatic N) is 4. The maximum Gasteiger partial charge on any atom is 0.279 e. The average Bonchev–Trinajstić information content (AvgIpc) is 2.84. The van der Waals surface area contributed by atoms with Gasteiger partial charge in [-0.1, -0.05) is 6.07 Å². The lowest BCUT2D eigenvalue weighted by molar-refractivity contribution is 1.24. The molecule has 1 aromatic carbocycles. The maximum absolute atomic E-state index is 11.8. The summed E-state index contributed by atoms with van der Waals surface area (Å²) in [6, 6.07) is 5.50. The molecule has 3 aromatic rings. The highest BCUT2D eigenvalue weighted by Gasteiger charge is 2.16. The molecule has 3 heterocycles. The molecule has 0 unspecified atom stereocenters. The molecule has 16 heavy (non-hydrogen) atoms. The molecule has 0 spiro atoms. The zero-order valence-corrected chi connectivity index (χ0v) is 8.01. The molecule has 2 aromatic heterocycles. The second-order valence-corrected chi connectivity index (χ2v) is 3.66. The third-order valence-electron chi connectivity index (χ3n) is 2.78. The first-order valence-corrected chi connectivity index (χ1v) is 4.81. The number of azo groups is 1. The van der Waals surface area contributed by atoms with Gasteiger partial charge >= 0.3 is 0 Å². The van der Waals surface area contributed by atoms with Crippen LogP contribution in [0.2, 0.25) is 0 Å². The van der Waals surface area contributed by atoms with Crippen molar-refractivity contribution in [2.45, 2.75) is 0 Å². The Bertz CT molecular complexity index is 869. The van der Waals surface area contributed by atoms with Gasteiger partial charge < -0.3 is 0 Å². The van der Waals surface area contributed by atoms with Crippen LogP contribution in [-0.2, 0) is 0 Å². The van der Waals surface area contributed by atoms with Crippen molar-refractivity contribution in [3.05, 3.63) is 33.8 Å². The number of rotatable bonds is 0. The largest absolute Gasteiger partial charge is 0.279 e. The van der Waals surface area contributed by atoms with Gasteiger partial charge in [-0.3, -0.25) is 4.79 Å². The molecule has 0 saturated heterocycles. The highest BCUT2D eigenvalue weighted by Crippen LogP contribution is 2.23. The van der Waals surface area contributed by atoms with Crippen molar-refractivity contribution in [1.82, 2.24) is 9.97 Å². The molecule has 0 radical (unpaired) electrons. The number of fused-ring (bicyclic) bond motifs is 2. The maximum atomic E-state index is 11.8. The van der Waals surface area contributed by atoms with Gasteiger partial charge in [0.2, 0.25) is 0 Å². The molecular formula is C11H4N4O. The van der Waals surface area contributed by atoms with E-state index in [9.17, 15) is 4.79 Å². The summed E-state index contributed by atoms with van der Waals surface area (Å²) in [4.78, 5) is 20.1. The second-order valence-electron chi connectivity index (χ2n) is 3.66. The molecule has 5 nitrogen and oxygen atoms in total. The van der Waals surface area contributed by atoms with Gasteiger partial charge in [0.15, 0.2) is 5.82 Å². The number of pyridine rings is 1. The van der Waals surface area contributed by atoms with Gasteiger partial charge in [-0.2, -0.15) is 5.11 Å². The van der Waals surface area contributed by atoms with Crippen LogP contribution >= 0.6 is 0 Å². The van der Waals surface area contributed by atoms with Crippen LogP contribution in [0.5, 0.6) is 0 Å². The Morgan fingerprint density at radius 2 is 1.81 bits per heavy atom. The molecular weight excluding hydrogens is 204 g/mol. The van der Waals surface area contributed by atoms with Crippen LogP contribution in [-0.4, -0.2) is 9.97 Å². The van der Waals surface area contributed by atoms with Gasteiger partial charge in [0.25, 0.3) is 5.56 Å². The number of benzene rings is 1. The van der Waals surface area contributed by atoms with E-state index in [2.05, 4.69) is 20.2 Å². The molecule has 0 fully saturated rings. The SMILES string of the molecule is O=c1nc2cccc3nc4c(c1c32)=CN=N4. The molecule has 0 aliphatic carbocycles. The van der Waals surface area contributed by atoms with Gasteiger partial charge in [-0.25, -0.2) is 9.97 Å². The summed E-state index contributed by atoms with van der Waals surface area (Å²) in [6.07, 6.45) is 1.56. The van der Waals surface area contributed by atoms with Crippen LogP contribution in [0.1, 0.15) is 0 Å². The van der Waals surface area contributed by atoms with Gasteiger partial charge in [-0.05, 0) is 12.1 Å². The smallest absolute Gasteiger partial charge is 0.267 e. The Kier molecular flexibility index (Phi) is 1.16. The summed E-state index contributed by atoms with van der Waals surface area (Å²) < 4.78 is 0. The van der Waals surface area contributed by atoms with Gasteiger partial charge in [0.05, 0.1) is 27.8 Å². The lowest BCUT2D eigenvalue weighted by atomic mass is 10.1. The van der Waals surface area contributed by atoms with E-state index in [0.29, 0.717) is 21.9 Å². The quantitative estimate of drug-likeness (QED) is 0.556. The van der Waals surface area contributed by atoms with Crippen molar-refractivity contribution in [3.63, 3.8) is 0 Å². The van der Waals surface area contributed by atoms with Crippen LogP contribution in [0.15, 0.2) is 33.2 Å². The van der Waals surface area contributed by atoms with Crippen molar-refractivity contribution < 1.29 is 0 Å². The van der Waals surface area contributed by atoms with Crippen molar-refractivity contribution in [2.24, 2.45) is 10.2 Å². The minimum absolute atomic E-state index is 0.228. The highest BCUT2D eigenvalue weighted by atomic mass is 16.1. The first kappa shape index (κ1) is 7.81. The third kappa shape index (κ3) is 0.748. The molecule has 5 heteroatoms. The van der Waals surface area contributed by atoms with E-state index in [1.54, 1.807) is 6.20 Å². The van der Waals surface area contributed by atoms with Crippen molar-refractivity contribution in [2.75, 3.05) is 0 Å². The Hall–Kier alpha value is -2.43. The first-order chi connectivity index (χ1) is 7.84. The van der Waals surface area contributed by atoms with E-state index in [1.807, 2.05) is 18.2 Å². The van der Waals surface area contributed by atoms with E-state index in [1.165, 1.54) is 0 Å². The highest BCUT2D eigenvalue weighted by molar-refractivity contribution is 6.08. The first-order valence-electron chi connectivity index (χ1n) is 4.81. The Morgan fingerprint density at radius 1 is 1.00 bits per heavy atom. The normalized spacial score (nSPS) is 13.5. The van der Waals surface area contributed by atoms with Crippen molar-refractivity contribution >= 4 is 33.8 Å². The topological polar surface area (TPSA) is 67.6 Å². The predicted molar refractivity (Wildman–Crippen MR) is 58.7 cm³/mol. The standard InChI is InChI=1S/C11H4N4O/c16-11-8-5-4-12-15-10(5)13-6-2-1-3-7(14-11)9(6)8/h1-4H. The van der Waals surface area contributed by atoms with Crippen LogP contribution in [0.4, 0.5) is 5.82 Å². The van der Waals surface area contributed by atoms with Crippen LogP contribution in [0.3, 0.4) is 0 Å². The van der Waals surface area contributed by atoms with Crippen LogP contribution < -0.4 is 10.8 Å². The van der Waals surface area contributed by atoms with E-state index in [-0.39, 0.29) is 5.56 Å². The molecule has 0 N–H and O–H groups in total. The summed E-state index contributed by atoms with van der Waals surface area (Å²) in [5.74, 6) is 0.505. The number of aromatic nitrogens is 2. The van der Waals surface area contributed by atoms with Gasteiger partial charge in [-0.15, -0.1) is 5.11 Å². The number of hydrogen-bond donors (Lipinski definition) is 0. The predicted octanol–water partition coefficient (Wildman–Crippen LogP) is 1.14. The summed E-state index contributed by atoms with van der Waals surface area (Å²) in [7, 11) is 0. The minimum Gasteiger partial charge on any atom is -0.267 e. The second kappa shape index (κ2) is 2.38. The van der Waals surface area contributed by atoms with Gasteiger partial charge in [0.1, 0.15) is 0 Å². The minimum atomic E-state index is -0.228. The molecule has 1 aliphatic heterocycles. The average molecular weight is 208 g/mol. The Labute approximate surface area is 88.5 Å². The van der Waals surface area contributed by atoms with Crippen molar-refractivity contribution in [3.8, 4) is 0 Å². The molecule has 0 atom stereocenters. The summed E-state index contributed by atoms with van der Waals surface area (Å²) in [5, 5.41) is 9.75. The molecule has 74 valence electrons. The van der Waals surface area contributed by atoms with Gasteiger partial charge in [0, 0.05) is 5.39 Å². The van der Waals surface area contributed by atoms with Crippen LogP contribution in [0, 0.1) is 0 Å². The lowest BCUT2D eigenvalue weighted by Crippen LogP contribution is -2.10. The van der Waals surface area contributed by atoms with E-state index in [4.69, 9.17) is 0 Å². The van der Waals surface area contributed by atoms with E-state index < -0.39 is 0 Å². The summed E-state index contributed by atoms with van der Waals surface area (Å²) in [6.45, 7) is 0. The Balaban J connectivity index is 2.52. The van der Waals surface area contributed by atoms with E-state index >= 15 is 0 Å². The summed E-state index contributed by atoms with van der Waals surface area (Å²) in [5.41, 5.74) is 1.21. The zero-order chi connectivity index (χ0) is 10.7. The van der Waals surface area contributed by atoms with Crippen molar-refractivity contribution in [1.29, 1.82) is 0 Å². The zero-order valence-electron chi connectivity index (χ0n) is 8.01. The fourth-order valence-electron chi connectivity index (χ4n) is 2.12. The fraction of sp³-hybridized carbons (Fsp3) is 0. The number of hydrogen-bond acceptors (Lipinski definition) is 5. The molecule has 0 saturated carbocycles. The summed E-state index contributed by atoms with van der Waals surface area (Å²) >= 11 is 0. The van der Waals surface area contributed by atoms with E-state index in [0.717, 1.165) is 10.9 Å². The third-order valence-corrected chi connectivity index (χ3v) is 2.78. The Morgan fingerprint density at radius 3 is 2.69 bits per heavy atom. The molecule has 0 bridgehead atoms. The molecule has 4 rings (SSSR count). The molecule has 1 aliphatic rings.